The van der Waals surface area contributed by atoms with Gasteiger partial charge in [0.15, 0.2) is 5.69 Å². The third-order valence-electron chi connectivity index (χ3n) is 13.9. The maximum atomic E-state index is 16.4. The van der Waals surface area contributed by atoms with Crippen molar-refractivity contribution in [2.75, 3.05) is 6.54 Å². The van der Waals surface area contributed by atoms with Gasteiger partial charge in [0.05, 0.1) is 28.2 Å². The number of benzene rings is 1. The molecule has 19 heteroatoms. The number of amides is 4. The Labute approximate surface area is 345 Å². The van der Waals surface area contributed by atoms with E-state index in [9.17, 15) is 36.4 Å². The number of nitrogens with one attached hydrogen (secondary N) is 3. The quantitative estimate of drug-likeness (QED) is 0.321. The molecule has 3 N–H and O–H groups in total. The number of carbonyl (C=O) groups excluding carboxylic acids is 4. The molecular weight excluding hydrogens is 813 g/mol. The number of aromatic nitrogens is 2. The van der Waals surface area contributed by atoms with E-state index in [0.717, 1.165) is 17.7 Å². The molecule has 4 amide bonds. The van der Waals surface area contributed by atoms with E-state index in [1.54, 1.807) is 45.0 Å². The topological polar surface area (TPSA) is 186 Å². The predicted molar refractivity (Wildman–Crippen MR) is 207 cm³/mol. The molecule has 1 aromatic heterocycles. The Balaban J connectivity index is 1.15. The van der Waals surface area contributed by atoms with Gasteiger partial charge in [-0.05, 0) is 93.6 Å². The Hall–Kier alpha value is -4.29. The number of ether oxygens (including phenoxy) is 2. The molecule has 5 fully saturated rings. The summed E-state index contributed by atoms with van der Waals surface area (Å²) in [4.78, 5) is 66.2. The monoisotopic (exact) mass is 864 g/mol. The predicted octanol–water partition coefficient (Wildman–Crippen LogP) is 5.34. The second kappa shape index (κ2) is 15.0. The molecule has 4 saturated carbocycles. The van der Waals surface area contributed by atoms with E-state index in [1.807, 2.05) is 4.72 Å². The summed E-state index contributed by atoms with van der Waals surface area (Å²) >= 11 is 0. The van der Waals surface area contributed by atoms with Crippen molar-refractivity contribution < 1.29 is 54.6 Å². The van der Waals surface area contributed by atoms with E-state index in [4.69, 9.17) is 9.47 Å². The fourth-order valence-electron chi connectivity index (χ4n) is 9.66. The number of hydrogen-bond donors (Lipinski definition) is 3. The van der Waals surface area contributed by atoms with Gasteiger partial charge in [0.2, 0.25) is 34.1 Å². The van der Waals surface area contributed by atoms with E-state index in [1.165, 1.54) is 6.92 Å². The van der Waals surface area contributed by atoms with Crippen LogP contribution in [0.2, 0.25) is 0 Å². The molecule has 1 saturated heterocycles. The highest BCUT2D eigenvalue weighted by Gasteiger charge is 2.67. The molecule has 9 atom stereocenters. The largest absolute Gasteiger partial charge is 0.471 e. The van der Waals surface area contributed by atoms with Gasteiger partial charge in [-0.1, -0.05) is 39.3 Å². The van der Waals surface area contributed by atoms with E-state index >= 15 is 8.78 Å². The van der Waals surface area contributed by atoms with Crippen molar-refractivity contribution in [1.29, 1.82) is 0 Å². The first-order chi connectivity index (χ1) is 28.1. The van der Waals surface area contributed by atoms with Gasteiger partial charge < -0.3 is 25.0 Å². The number of fused-ring (bicyclic) bond motifs is 7. The molecule has 2 aromatic rings. The molecule has 4 aliphatic carbocycles. The summed E-state index contributed by atoms with van der Waals surface area (Å²) in [5.41, 5.74) is -3.58. The Kier molecular flexibility index (Phi) is 10.6. The van der Waals surface area contributed by atoms with Gasteiger partial charge in [0.25, 0.3) is 11.8 Å². The summed E-state index contributed by atoms with van der Waals surface area (Å²) in [7, 11) is -4.29. The summed E-state index contributed by atoms with van der Waals surface area (Å²) in [6.07, 6.45) is -3.03. The van der Waals surface area contributed by atoms with Gasteiger partial charge in [-0.3, -0.25) is 19.1 Å². The minimum absolute atomic E-state index is 0.0521. The minimum atomic E-state index is -4.29. The Morgan fingerprint density at radius 3 is 2.28 bits per heavy atom. The zero-order valence-corrected chi connectivity index (χ0v) is 34.8. The second-order valence-corrected chi connectivity index (χ2v) is 21.3. The van der Waals surface area contributed by atoms with Crippen LogP contribution in [-0.4, -0.2) is 94.6 Å². The average molecular weight is 865 g/mol. The Morgan fingerprint density at radius 1 is 0.967 bits per heavy atom. The van der Waals surface area contributed by atoms with Crippen molar-refractivity contribution >= 4 is 44.9 Å². The number of alkyl halides is 4. The van der Waals surface area contributed by atoms with Crippen molar-refractivity contribution in [2.45, 2.75) is 145 Å². The summed E-state index contributed by atoms with van der Waals surface area (Å²) in [6.45, 7) is 6.08. The lowest BCUT2D eigenvalue weighted by Gasteiger charge is -2.36. The molecule has 1 aromatic carbocycles. The molecule has 328 valence electrons. The first-order valence-corrected chi connectivity index (χ1v) is 22.4. The fourth-order valence-corrected chi connectivity index (χ4v) is 11.0. The van der Waals surface area contributed by atoms with Crippen LogP contribution in [0, 0.1) is 29.1 Å². The minimum Gasteiger partial charge on any atom is -0.471 e. The fraction of sp³-hybridized carbons (Fsp3) is 0.707. The summed E-state index contributed by atoms with van der Waals surface area (Å²) < 4.78 is 100. The first-order valence-electron chi connectivity index (χ1n) is 20.9. The number of halogens is 4. The molecule has 2 bridgehead atoms. The van der Waals surface area contributed by atoms with Crippen LogP contribution in [0.5, 0.6) is 5.88 Å². The molecule has 60 heavy (non-hydrogen) atoms. The number of rotatable bonds is 6. The molecule has 0 unspecified atom stereocenters. The SMILES string of the molecule is CC(C)(C)[C@@H]1NC(=O)O[C@@H]2C[C@@H]3CC[C@@H]3[C@H]2CCCCC(F)(F)c2nc3ccccc3nc2O[C@@H]2C[C@@H](C(=O)N[C@]3(C(=O)NS(=O)(=O)C4(C)CC4)C[C@H]3C(F)F)N(C2)C1=O. The van der Waals surface area contributed by atoms with Crippen LogP contribution < -0.4 is 20.1 Å². The zero-order valence-electron chi connectivity index (χ0n) is 34.0. The number of sulfonamides is 1. The lowest BCUT2D eigenvalue weighted by atomic mass is 9.71. The van der Waals surface area contributed by atoms with E-state index < -0.39 is 123 Å². The van der Waals surface area contributed by atoms with Crippen LogP contribution in [-0.2, 0) is 35.1 Å². The van der Waals surface area contributed by atoms with Crippen LogP contribution in [0.1, 0.15) is 104 Å². The smallest absolute Gasteiger partial charge is 0.408 e. The van der Waals surface area contributed by atoms with Gasteiger partial charge in [-0.25, -0.2) is 32.0 Å². The molecular formula is C41H52F4N6O8S. The molecule has 0 radical (unpaired) electrons. The van der Waals surface area contributed by atoms with Crippen LogP contribution in [0.15, 0.2) is 24.3 Å². The molecule has 0 spiro atoms. The Bertz CT molecular complexity index is 2190. The molecule has 14 nitrogen and oxygen atoms in total. The van der Waals surface area contributed by atoms with Gasteiger partial charge in [0, 0.05) is 12.8 Å². The van der Waals surface area contributed by atoms with Crippen molar-refractivity contribution in [3.05, 3.63) is 30.0 Å². The molecule has 3 heterocycles. The third-order valence-corrected chi connectivity index (χ3v) is 16.0. The summed E-state index contributed by atoms with van der Waals surface area (Å²) in [5.74, 6) is -8.37. The van der Waals surface area contributed by atoms with E-state index in [-0.39, 0.29) is 42.6 Å². The number of carbonyl (C=O) groups is 4. The maximum Gasteiger partial charge on any atom is 0.408 e. The van der Waals surface area contributed by atoms with Gasteiger partial charge in [-0.2, -0.15) is 8.78 Å². The van der Waals surface area contributed by atoms with Crippen LogP contribution in [0.3, 0.4) is 0 Å². The lowest BCUT2D eigenvalue weighted by Crippen LogP contribution is -2.60. The maximum absolute atomic E-state index is 16.4. The van der Waals surface area contributed by atoms with Crippen molar-refractivity contribution in [2.24, 2.45) is 29.1 Å². The van der Waals surface area contributed by atoms with Gasteiger partial charge in [-0.15, -0.1) is 0 Å². The lowest BCUT2D eigenvalue weighted by molar-refractivity contribution is -0.143. The van der Waals surface area contributed by atoms with Crippen molar-refractivity contribution in [1.82, 2.24) is 30.2 Å². The van der Waals surface area contributed by atoms with Gasteiger partial charge in [0.1, 0.15) is 29.8 Å². The molecule has 2 aliphatic heterocycles. The van der Waals surface area contributed by atoms with Crippen LogP contribution in [0.25, 0.3) is 11.0 Å². The number of alkyl carbamates (subject to hydrolysis) is 1. The van der Waals surface area contributed by atoms with E-state index in [2.05, 4.69) is 20.6 Å². The molecule has 8 rings (SSSR count). The second-order valence-electron chi connectivity index (χ2n) is 19.1. The number of hydrogen-bond acceptors (Lipinski definition) is 10. The average Bonchev–Trinajstić information content (AvgIpc) is 4.03. The number of nitrogens with zero attached hydrogens (tertiary/aromatic N) is 3. The first kappa shape index (κ1) is 42.4. The standard InChI is InChI=1S/C41H52F4N6O8S/c1-38(2,3)31-35(53)51-20-22(18-28(51)33(52)49-40(19-25(40)32(42)43)36(54)50-60(56,57)39(4)15-16-39)58-34-30(46-26-10-5-6-11-27(26)47-34)41(44,45)14-8-7-9-24-23-13-12-21(23)17-29(24)59-37(55)48-31/h5-6,10-11,21-25,28-29,31-32H,7-9,12-20H2,1-4H3,(H,48,55)(H,49,52)(H,50,54)/t21-,22+,23-,24+,25-,28-,29+,31+,40+/m0/s1. The van der Waals surface area contributed by atoms with Crippen LogP contribution in [0.4, 0.5) is 22.4 Å². The highest BCUT2D eigenvalue weighted by Crippen LogP contribution is 2.54. The van der Waals surface area contributed by atoms with Crippen molar-refractivity contribution in [3.63, 3.8) is 0 Å². The summed E-state index contributed by atoms with van der Waals surface area (Å²) in [5, 5.41) is 5.10. The van der Waals surface area contributed by atoms with Crippen molar-refractivity contribution in [3.8, 4) is 5.88 Å². The third kappa shape index (κ3) is 7.76. The zero-order chi connectivity index (χ0) is 43.2. The van der Waals surface area contributed by atoms with E-state index in [0.29, 0.717) is 31.1 Å². The normalized spacial score (nSPS) is 33.7. The Morgan fingerprint density at radius 2 is 1.67 bits per heavy atom. The molecule has 6 aliphatic rings. The highest BCUT2D eigenvalue weighted by atomic mass is 32.2. The van der Waals surface area contributed by atoms with Gasteiger partial charge >= 0.3 is 6.09 Å². The number of para-hydroxylation sites is 2. The summed E-state index contributed by atoms with van der Waals surface area (Å²) in [6, 6.07) is 3.54. The highest BCUT2D eigenvalue weighted by molar-refractivity contribution is 7.91. The van der Waals surface area contributed by atoms with Crippen LogP contribution >= 0.6 is 0 Å².